The first-order chi connectivity index (χ1) is 42.9. The predicted octanol–water partition coefficient (Wildman–Crippen LogP) is 3.20. The van der Waals surface area contributed by atoms with Gasteiger partial charge in [-0.05, 0) is 122 Å². The molecule has 0 aromatic heterocycles. The number of thioether (sulfide) groups is 1. The summed E-state index contributed by atoms with van der Waals surface area (Å²) in [6.45, 7) is 28.9. The Balaban J connectivity index is 3.12. The molecule has 0 bridgehead atoms. The van der Waals surface area contributed by atoms with Gasteiger partial charge >= 0.3 is 0 Å². The van der Waals surface area contributed by atoms with Crippen molar-refractivity contribution in [3.05, 3.63) is 12.2 Å². The van der Waals surface area contributed by atoms with Crippen molar-refractivity contribution in [3.63, 3.8) is 0 Å². The summed E-state index contributed by atoms with van der Waals surface area (Å²) in [5, 5.41) is 36.7. The van der Waals surface area contributed by atoms with E-state index in [9.17, 15) is 34.2 Å². The van der Waals surface area contributed by atoms with Crippen molar-refractivity contribution in [1.82, 2.24) is 60.9 Å². The monoisotopic (exact) mass is 1330 g/mol. The maximum atomic E-state index is 15.4. The molecule has 13 atom stereocenters. The lowest BCUT2D eigenvalue weighted by Crippen LogP contribution is -2.64. The zero-order valence-corrected chi connectivity index (χ0v) is 61.7. The fourth-order valence-corrected chi connectivity index (χ4v) is 13.3. The van der Waals surface area contributed by atoms with Gasteiger partial charge in [0.15, 0.2) is 5.37 Å². The summed E-state index contributed by atoms with van der Waals surface area (Å²) in [4.78, 5) is 172. The molecule has 0 aromatic rings. The van der Waals surface area contributed by atoms with Crippen molar-refractivity contribution < 1.29 is 63.0 Å². The largest absolute Gasteiger partial charge is 0.390 e. The van der Waals surface area contributed by atoms with E-state index in [1.165, 1.54) is 102 Å². The minimum absolute atomic E-state index is 0.0295. The van der Waals surface area contributed by atoms with Crippen LogP contribution < -0.4 is 26.6 Å². The summed E-state index contributed by atoms with van der Waals surface area (Å²) in [7, 11) is 11.7. The first kappa shape index (κ1) is 83.2. The Bertz CT molecular complexity index is 2610. The highest BCUT2D eigenvalue weighted by atomic mass is 32.2. The number of aliphatic hydroxyl groups is 2. The van der Waals surface area contributed by atoms with Crippen LogP contribution in [-0.4, -0.2) is 255 Å². The number of nitrogens with one attached hydrogen (secondary N) is 5. The van der Waals surface area contributed by atoms with Crippen molar-refractivity contribution in [1.29, 1.82) is 0 Å². The van der Waals surface area contributed by atoms with Crippen LogP contribution in [0.3, 0.4) is 0 Å². The quantitative estimate of drug-likeness (QED) is 0.0914. The topological polar surface area (TPSA) is 311 Å². The molecule has 0 radical (unpaired) electrons. The first-order valence-corrected chi connectivity index (χ1v) is 34.3. The smallest absolute Gasteiger partial charge is 0.256 e. The average molecular weight is 1330 g/mol. The summed E-state index contributed by atoms with van der Waals surface area (Å²) < 4.78 is 0. The second-order valence-electron chi connectivity index (χ2n) is 28.9. The molecule has 7 N–H and O–H groups in total. The number of hydrogen-bond donors (Lipinski definition) is 7. The number of nitrogens with zero attached hydrogens (tertiary/aromatic N) is 7. The number of carbonyl (C=O) groups excluding carboxylic acids is 11. The molecule has 2 aliphatic rings. The Morgan fingerprint density at radius 3 is 1.45 bits per heavy atom. The lowest BCUT2D eigenvalue weighted by Gasteiger charge is -2.41. The SMILES string of the molecule is CC=CC[C@@H](C)[C@@H](O)C1C(=O)N[C@H](CC)C(=O)N(C)[C@H](SCC2(NC)CC2)C(=O)N(C)[C@@H](CC(C)(C)O)C(=O)N[C@H](C(C)C)C(=O)N(C)[C@H](CC(C)C)C(=O)N[C@H](C)C(=O)N[C@@H](C)C(=O)N(C)[C@H](CC(C)C)C(=O)N(C)[C@H](CC(C)C)C(=O)N(C)[C@H](C(C)C)C(=O)N1C. The fraction of sp³-hybridized carbons (Fsp3) is 0.806. The fourth-order valence-electron chi connectivity index (χ4n) is 11.7. The van der Waals surface area contributed by atoms with Gasteiger partial charge in [0.1, 0.15) is 60.4 Å². The molecule has 1 aliphatic carbocycles. The number of allylic oxidation sites excluding steroid dienone is 2. The van der Waals surface area contributed by atoms with Crippen LogP contribution in [0.15, 0.2) is 12.2 Å². The minimum atomic E-state index is -1.66. The third-order valence-electron chi connectivity index (χ3n) is 18.1. The van der Waals surface area contributed by atoms with Crippen LogP contribution in [0, 0.1) is 35.5 Å². The third-order valence-corrected chi connectivity index (χ3v) is 19.6. The van der Waals surface area contributed by atoms with Gasteiger partial charge < -0.3 is 71.1 Å². The molecule has 532 valence electrons. The number of carbonyl (C=O) groups is 11. The van der Waals surface area contributed by atoms with Gasteiger partial charge in [-0.1, -0.05) is 95.2 Å². The number of amides is 11. The van der Waals surface area contributed by atoms with E-state index in [1.54, 1.807) is 67.7 Å². The molecule has 25 nitrogen and oxygen atoms in total. The van der Waals surface area contributed by atoms with Gasteiger partial charge in [-0.2, -0.15) is 0 Å². The predicted molar refractivity (Wildman–Crippen MR) is 362 cm³/mol. The van der Waals surface area contributed by atoms with E-state index >= 15 is 28.8 Å². The summed E-state index contributed by atoms with van der Waals surface area (Å²) in [5.41, 5.74) is -1.96. The third kappa shape index (κ3) is 22.9. The normalized spacial score (nSPS) is 27.7. The second-order valence-corrected chi connectivity index (χ2v) is 29.9. The van der Waals surface area contributed by atoms with Gasteiger partial charge in [-0.25, -0.2) is 0 Å². The highest BCUT2D eigenvalue weighted by Gasteiger charge is 2.48. The molecule has 26 heteroatoms. The number of aliphatic hydroxyl groups excluding tert-OH is 1. The molecule has 11 amide bonds. The molecule has 1 unspecified atom stereocenters. The Morgan fingerprint density at radius 1 is 0.548 bits per heavy atom. The van der Waals surface area contributed by atoms with Gasteiger partial charge in [0, 0.05) is 67.0 Å². The minimum Gasteiger partial charge on any atom is -0.390 e. The molecule has 2 rings (SSSR count). The van der Waals surface area contributed by atoms with Crippen LogP contribution in [-0.2, 0) is 52.7 Å². The van der Waals surface area contributed by atoms with Crippen LogP contribution in [0.4, 0.5) is 0 Å². The van der Waals surface area contributed by atoms with E-state index in [4.69, 9.17) is 0 Å². The number of hydrogen-bond acceptors (Lipinski definition) is 15. The lowest BCUT2D eigenvalue weighted by molar-refractivity contribution is -0.157. The summed E-state index contributed by atoms with van der Waals surface area (Å²) in [6, 6.07) is -13.1. The zero-order chi connectivity index (χ0) is 71.8. The van der Waals surface area contributed by atoms with Crippen LogP contribution in [0.1, 0.15) is 169 Å². The Hall–Kier alpha value is -5.86. The van der Waals surface area contributed by atoms with E-state index < -0.39 is 160 Å². The van der Waals surface area contributed by atoms with Crippen LogP contribution in [0.5, 0.6) is 0 Å². The van der Waals surface area contributed by atoms with E-state index in [0.717, 1.165) is 34.4 Å². The molecule has 1 saturated carbocycles. The number of likely N-dealkylation sites (N-methyl/N-ethyl adjacent to an activating group) is 7. The molecule has 2 fully saturated rings. The van der Waals surface area contributed by atoms with Gasteiger partial charge in [-0.15, -0.1) is 11.8 Å². The molecular weight excluding hydrogens is 1210 g/mol. The Labute approximate surface area is 560 Å². The van der Waals surface area contributed by atoms with E-state index in [2.05, 4.69) is 26.6 Å². The first-order valence-electron chi connectivity index (χ1n) is 33.3. The van der Waals surface area contributed by atoms with E-state index in [1.807, 2.05) is 41.5 Å². The molecule has 0 spiro atoms. The van der Waals surface area contributed by atoms with Crippen molar-refractivity contribution in [2.45, 2.75) is 252 Å². The average Bonchev–Trinajstić information content (AvgIpc) is 1.67. The molecule has 1 saturated heterocycles. The van der Waals surface area contributed by atoms with Gasteiger partial charge in [0.25, 0.3) is 5.91 Å². The van der Waals surface area contributed by atoms with E-state index in [-0.39, 0.29) is 61.8 Å². The maximum absolute atomic E-state index is 15.4. The van der Waals surface area contributed by atoms with Gasteiger partial charge in [0.05, 0.1) is 11.7 Å². The van der Waals surface area contributed by atoms with Gasteiger partial charge in [-0.3, -0.25) is 52.7 Å². The van der Waals surface area contributed by atoms with Crippen LogP contribution >= 0.6 is 11.8 Å². The summed E-state index contributed by atoms with van der Waals surface area (Å²) in [5.74, 6) is -9.97. The van der Waals surface area contributed by atoms with Gasteiger partial charge in [0.2, 0.25) is 59.1 Å². The number of rotatable bonds is 19. The highest BCUT2D eigenvalue weighted by molar-refractivity contribution is 8.00. The molecule has 0 aromatic carbocycles. The molecular formula is C67H120N12O13S. The summed E-state index contributed by atoms with van der Waals surface area (Å²) >= 11 is 1.14. The highest BCUT2D eigenvalue weighted by Crippen LogP contribution is 2.40. The van der Waals surface area contributed by atoms with E-state index in [0.29, 0.717) is 5.75 Å². The van der Waals surface area contributed by atoms with Crippen LogP contribution in [0.2, 0.25) is 0 Å². The van der Waals surface area contributed by atoms with Crippen molar-refractivity contribution >= 4 is 76.7 Å². The molecule has 1 aliphatic heterocycles. The Kier molecular flexibility index (Phi) is 32.5. The van der Waals surface area contributed by atoms with Crippen molar-refractivity contribution in [2.75, 3.05) is 62.1 Å². The van der Waals surface area contributed by atoms with Crippen molar-refractivity contribution in [2.24, 2.45) is 35.5 Å². The second kappa shape index (κ2) is 36.3. The van der Waals surface area contributed by atoms with Crippen LogP contribution in [0.25, 0.3) is 0 Å². The Morgan fingerprint density at radius 2 is 1.00 bits per heavy atom. The summed E-state index contributed by atoms with van der Waals surface area (Å²) in [6.07, 6.45) is 3.89. The molecule has 93 heavy (non-hydrogen) atoms. The maximum Gasteiger partial charge on any atom is 0.256 e. The standard InChI is InChI=1S/C67H120N12O13S/c1-26-28-29-42(13)53(80)52-57(84)71-45(27-2)59(86)79(25)65(93-36-67(68-18)30-31-67)64(91)76(22)49(35-66(16,17)92)56(83)72-50(40(9)10)62(89)73(19)46(32-37(3)4)55(82)69-43(14)54(81)70-44(15)58(85)74(20)47(33-38(5)6)60(87)75(21)48(34-39(7)8)61(88)77(23)51(41(11)12)63(90)78(52)24/h26,28,37-53,65,68,80,92H,27,29-36H2,1-25H3,(H,69,82)(H,70,81)(H,71,84)(H,72,83)/t42-,43-,44+,45-,46-,47-,48-,49+,50-,51-,52?,53-,65-/m1/s1. The lowest BCUT2D eigenvalue weighted by atomic mass is 9.91. The zero-order valence-electron chi connectivity index (χ0n) is 60.8. The molecule has 1 heterocycles. The van der Waals surface area contributed by atoms with Crippen molar-refractivity contribution in [3.8, 4) is 0 Å².